The van der Waals surface area contributed by atoms with Crippen LogP contribution in [0.1, 0.15) is 37.9 Å². The Balaban J connectivity index is 2.07. The van der Waals surface area contributed by atoms with Crippen LogP contribution in [-0.2, 0) is 6.42 Å². The number of nitrogens with one attached hydrogen (secondary N) is 1. The summed E-state index contributed by atoms with van der Waals surface area (Å²) in [4.78, 5) is 0. The van der Waals surface area contributed by atoms with E-state index in [2.05, 4.69) is 72.9 Å². The van der Waals surface area contributed by atoms with Gasteiger partial charge >= 0.3 is 0 Å². The van der Waals surface area contributed by atoms with Crippen molar-refractivity contribution in [1.82, 2.24) is 0 Å². The zero-order chi connectivity index (χ0) is 15.4. The molecule has 1 N–H and O–H groups in total. The molecule has 3 heteroatoms. The van der Waals surface area contributed by atoms with Gasteiger partial charge in [0.1, 0.15) is 5.82 Å². The van der Waals surface area contributed by atoms with Crippen molar-refractivity contribution >= 4 is 28.3 Å². The topological polar surface area (TPSA) is 12.0 Å². The molecule has 0 amide bonds. The lowest BCUT2D eigenvalue weighted by atomic mass is 10.00. The quantitative estimate of drug-likeness (QED) is 0.629. The first-order valence-corrected chi connectivity index (χ1v) is 8.34. The Hall–Kier alpha value is -1.10. The van der Waals surface area contributed by atoms with Crippen molar-refractivity contribution in [2.75, 3.05) is 5.32 Å². The van der Waals surface area contributed by atoms with Gasteiger partial charge in [-0.25, -0.2) is 4.39 Å². The lowest BCUT2D eigenvalue weighted by Crippen LogP contribution is -2.08. The molecule has 0 aliphatic carbocycles. The first kappa shape index (κ1) is 16.3. The van der Waals surface area contributed by atoms with Crippen LogP contribution in [0.4, 0.5) is 10.1 Å². The zero-order valence-corrected chi connectivity index (χ0v) is 14.8. The molecular weight excluding hydrogens is 376 g/mol. The molecule has 0 radical (unpaired) electrons. The number of hydrogen-bond donors (Lipinski definition) is 1. The van der Waals surface area contributed by atoms with Gasteiger partial charge in [-0.1, -0.05) is 38.1 Å². The molecule has 1 nitrogen and oxygen atoms in total. The molecule has 1 atom stereocenters. The van der Waals surface area contributed by atoms with Gasteiger partial charge in [0.25, 0.3) is 0 Å². The molecule has 21 heavy (non-hydrogen) atoms. The highest BCUT2D eigenvalue weighted by molar-refractivity contribution is 14.1. The van der Waals surface area contributed by atoms with Gasteiger partial charge in [0, 0.05) is 15.3 Å². The predicted octanol–water partition coefficient (Wildman–Crippen LogP) is 5.80. The Morgan fingerprint density at radius 3 is 2.29 bits per heavy atom. The Labute approximate surface area is 140 Å². The van der Waals surface area contributed by atoms with Crippen LogP contribution in [-0.4, -0.2) is 0 Å². The van der Waals surface area contributed by atoms with Crippen molar-refractivity contribution in [2.45, 2.75) is 33.2 Å². The fraction of sp³-hybridized carbons (Fsp3) is 0.333. The molecule has 2 aromatic rings. The van der Waals surface area contributed by atoms with E-state index in [0.717, 1.165) is 15.7 Å². The minimum Gasteiger partial charge on any atom is -0.378 e. The fourth-order valence-electron chi connectivity index (χ4n) is 2.34. The van der Waals surface area contributed by atoms with Crippen LogP contribution in [0.5, 0.6) is 0 Å². The van der Waals surface area contributed by atoms with E-state index in [1.54, 1.807) is 12.1 Å². The van der Waals surface area contributed by atoms with E-state index in [4.69, 9.17) is 0 Å². The molecule has 1 unspecified atom stereocenters. The second kappa shape index (κ2) is 7.25. The standard InChI is InChI=1S/C18H21FIN/c1-12(2)10-14-4-6-15(7-5-14)13(3)21-18-9-8-16(19)11-17(18)20/h4-9,11-13,21H,10H2,1-3H3. The molecule has 0 spiro atoms. The summed E-state index contributed by atoms with van der Waals surface area (Å²) < 4.78 is 14.0. The van der Waals surface area contributed by atoms with Gasteiger partial charge in [-0.15, -0.1) is 0 Å². The summed E-state index contributed by atoms with van der Waals surface area (Å²) in [6, 6.07) is 13.8. The molecule has 0 saturated carbocycles. The number of anilines is 1. The summed E-state index contributed by atoms with van der Waals surface area (Å²) >= 11 is 2.15. The van der Waals surface area contributed by atoms with Crippen molar-refractivity contribution in [1.29, 1.82) is 0 Å². The van der Waals surface area contributed by atoms with Crippen LogP contribution in [0.2, 0.25) is 0 Å². The predicted molar refractivity (Wildman–Crippen MR) is 96.1 cm³/mol. The Morgan fingerprint density at radius 1 is 1.05 bits per heavy atom. The van der Waals surface area contributed by atoms with Crippen LogP contribution in [0.3, 0.4) is 0 Å². The lowest BCUT2D eigenvalue weighted by Gasteiger charge is -2.17. The molecule has 0 fully saturated rings. The maximum Gasteiger partial charge on any atom is 0.124 e. The van der Waals surface area contributed by atoms with Crippen molar-refractivity contribution in [2.24, 2.45) is 5.92 Å². The van der Waals surface area contributed by atoms with E-state index in [0.29, 0.717) is 5.92 Å². The fourth-order valence-corrected chi connectivity index (χ4v) is 2.97. The second-order valence-electron chi connectivity index (χ2n) is 5.83. The Kier molecular flexibility index (Phi) is 5.62. The van der Waals surface area contributed by atoms with Gasteiger partial charge < -0.3 is 5.32 Å². The van der Waals surface area contributed by atoms with Crippen molar-refractivity contribution < 1.29 is 4.39 Å². The van der Waals surface area contributed by atoms with Gasteiger partial charge in [0.2, 0.25) is 0 Å². The van der Waals surface area contributed by atoms with Crippen LogP contribution < -0.4 is 5.32 Å². The number of hydrogen-bond acceptors (Lipinski definition) is 1. The van der Waals surface area contributed by atoms with E-state index in [9.17, 15) is 4.39 Å². The molecule has 112 valence electrons. The van der Waals surface area contributed by atoms with Crippen molar-refractivity contribution in [3.63, 3.8) is 0 Å². The third-order valence-corrected chi connectivity index (χ3v) is 4.32. The maximum atomic E-state index is 13.1. The first-order valence-electron chi connectivity index (χ1n) is 7.26. The highest BCUT2D eigenvalue weighted by Gasteiger charge is 2.08. The summed E-state index contributed by atoms with van der Waals surface area (Å²) in [5.74, 6) is 0.475. The largest absolute Gasteiger partial charge is 0.378 e. The van der Waals surface area contributed by atoms with Crippen molar-refractivity contribution in [3.05, 3.63) is 63.0 Å². The highest BCUT2D eigenvalue weighted by atomic mass is 127. The summed E-state index contributed by atoms with van der Waals surface area (Å²) in [5.41, 5.74) is 3.58. The van der Waals surface area contributed by atoms with E-state index in [1.165, 1.54) is 17.2 Å². The minimum absolute atomic E-state index is 0.192. The van der Waals surface area contributed by atoms with Gasteiger partial charge in [0.05, 0.1) is 0 Å². The van der Waals surface area contributed by atoms with E-state index >= 15 is 0 Å². The summed E-state index contributed by atoms with van der Waals surface area (Å²) in [6.07, 6.45) is 1.11. The maximum absolute atomic E-state index is 13.1. The first-order chi connectivity index (χ1) is 9.95. The molecular formula is C18H21FIN. The van der Waals surface area contributed by atoms with E-state index in [1.807, 2.05) is 0 Å². The monoisotopic (exact) mass is 397 g/mol. The number of rotatable bonds is 5. The Bertz CT molecular complexity index is 593. The molecule has 0 aromatic heterocycles. The third kappa shape index (κ3) is 4.70. The minimum atomic E-state index is -0.198. The second-order valence-corrected chi connectivity index (χ2v) is 6.99. The van der Waals surface area contributed by atoms with Gasteiger partial charge in [-0.05, 0) is 71.2 Å². The summed E-state index contributed by atoms with van der Waals surface area (Å²) in [5, 5.41) is 3.44. The smallest absolute Gasteiger partial charge is 0.124 e. The molecule has 0 aliphatic heterocycles. The molecule has 2 rings (SSSR count). The molecule has 2 aromatic carbocycles. The normalized spacial score (nSPS) is 12.5. The van der Waals surface area contributed by atoms with Crippen LogP contribution >= 0.6 is 22.6 Å². The third-order valence-electron chi connectivity index (χ3n) is 3.43. The van der Waals surface area contributed by atoms with E-state index in [-0.39, 0.29) is 11.9 Å². The van der Waals surface area contributed by atoms with Crippen molar-refractivity contribution in [3.8, 4) is 0 Å². The highest BCUT2D eigenvalue weighted by Crippen LogP contribution is 2.25. The summed E-state index contributed by atoms with van der Waals surface area (Å²) in [7, 11) is 0. The van der Waals surface area contributed by atoms with Gasteiger partial charge in [-0.2, -0.15) is 0 Å². The van der Waals surface area contributed by atoms with Gasteiger partial charge in [0.15, 0.2) is 0 Å². The zero-order valence-electron chi connectivity index (χ0n) is 12.7. The van der Waals surface area contributed by atoms with Gasteiger partial charge in [-0.3, -0.25) is 0 Å². The van der Waals surface area contributed by atoms with Crippen LogP contribution in [0.25, 0.3) is 0 Å². The SMILES string of the molecule is CC(C)Cc1ccc(C(C)Nc2ccc(F)cc2I)cc1. The van der Waals surface area contributed by atoms with Crippen LogP contribution in [0, 0.1) is 15.3 Å². The molecule has 0 bridgehead atoms. The average Bonchev–Trinajstić information content (AvgIpc) is 2.42. The van der Waals surface area contributed by atoms with E-state index < -0.39 is 0 Å². The number of benzene rings is 2. The molecule has 0 heterocycles. The molecule has 0 saturated heterocycles. The molecule has 0 aliphatic rings. The average molecular weight is 397 g/mol. The number of halogens is 2. The lowest BCUT2D eigenvalue weighted by molar-refractivity contribution is 0.627. The Morgan fingerprint density at radius 2 is 1.71 bits per heavy atom. The van der Waals surface area contributed by atoms with Crippen LogP contribution in [0.15, 0.2) is 42.5 Å². The summed E-state index contributed by atoms with van der Waals surface area (Å²) in [6.45, 7) is 6.58.